The van der Waals surface area contributed by atoms with Gasteiger partial charge in [0.25, 0.3) is 0 Å². The van der Waals surface area contributed by atoms with Crippen molar-refractivity contribution >= 4 is 11.6 Å². The summed E-state index contributed by atoms with van der Waals surface area (Å²) >= 11 is 5.89. The van der Waals surface area contributed by atoms with Crippen LogP contribution in [0.4, 0.5) is 4.39 Å². The lowest BCUT2D eigenvalue weighted by molar-refractivity contribution is 0.593. The fraction of sp³-hybridized carbons (Fsp3) is 0.167. The van der Waals surface area contributed by atoms with Gasteiger partial charge in [-0.25, -0.2) is 9.18 Å². The maximum Gasteiger partial charge on any atom is 0.348 e. The highest BCUT2D eigenvalue weighted by atomic mass is 35.5. The molecule has 1 heterocycles. The molecule has 3 nitrogen and oxygen atoms in total. The van der Waals surface area contributed by atoms with Gasteiger partial charge in [0.1, 0.15) is 5.82 Å². The van der Waals surface area contributed by atoms with Gasteiger partial charge in [0.2, 0.25) is 0 Å². The molecule has 0 saturated heterocycles. The van der Waals surface area contributed by atoms with Crippen molar-refractivity contribution in [3.63, 3.8) is 0 Å². The minimum atomic E-state index is -0.426. The first-order valence-electron chi connectivity index (χ1n) is 5.05. The first-order chi connectivity index (χ1) is 8.08. The van der Waals surface area contributed by atoms with Crippen LogP contribution < -0.4 is 5.69 Å². The van der Waals surface area contributed by atoms with Gasteiger partial charge in [-0.15, -0.1) is 0 Å². The third-order valence-corrected chi connectivity index (χ3v) is 2.76. The van der Waals surface area contributed by atoms with Crippen molar-refractivity contribution in [3.05, 3.63) is 63.0 Å². The van der Waals surface area contributed by atoms with Crippen molar-refractivity contribution in [1.29, 1.82) is 0 Å². The molecule has 0 fully saturated rings. The molecule has 1 aromatic carbocycles. The Morgan fingerprint density at radius 3 is 2.82 bits per heavy atom. The molecule has 0 spiro atoms. The molecule has 0 radical (unpaired) electrons. The molecule has 0 unspecified atom stereocenters. The van der Waals surface area contributed by atoms with Crippen LogP contribution in [0.25, 0.3) is 0 Å². The summed E-state index contributed by atoms with van der Waals surface area (Å²) in [6, 6.07) is 6.12. The standard InChI is InChI=1S/C12H10ClFN2O/c1-8-5-6-16(12(17)15-8)7-9-10(13)3-2-4-11(9)14/h2-6H,7H2,1H3. The van der Waals surface area contributed by atoms with Gasteiger partial charge < -0.3 is 0 Å². The summed E-state index contributed by atoms with van der Waals surface area (Å²) in [5.74, 6) is -0.426. The first kappa shape index (κ1) is 11.8. The maximum atomic E-state index is 13.5. The number of rotatable bonds is 2. The maximum absolute atomic E-state index is 13.5. The summed E-state index contributed by atoms with van der Waals surface area (Å²) < 4.78 is 14.8. The van der Waals surface area contributed by atoms with E-state index in [4.69, 9.17) is 11.6 Å². The van der Waals surface area contributed by atoms with Crippen LogP contribution >= 0.6 is 11.6 Å². The van der Waals surface area contributed by atoms with Gasteiger partial charge in [-0.1, -0.05) is 17.7 Å². The molecule has 0 amide bonds. The molecule has 0 bridgehead atoms. The van der Waals surface area contributed by atoms with E-state index >= 15 is 0 Å². The van der Waals surface area contributed by atoms with Gasteiger partial charge in [-0.05, 0) is 25.1 Å². The SMILES string of the molecule is Cc1ccn(Cc2c(F)cccc2Cl)c(=O)n1. The zero-order valence-electron chi connectivity index (χ0n) is 9.15. The molecule has 0 atom stereocenters. The highest BCUT2D eigenvalue weighted by molar-refractivity contribution is 6.31. The van der Waals surface area contributed by atoms with Crippen molar-refractivity contribution < 1.29 is 4.39 Å². The van der Waals surface area contributed by atoms with Crippen LogP contribution in [0.3, 0.4) is 0 Å². The van der Waals surface area contributed by atoms with Crippen LogP contribution in [0.1, 0.15) is 11.3 Å². The van der Waals surface area contributed by atoms with Crippen molar-refractivity contribution in [3.8, 4) is 0 Å². The van der Waals surface area contributed by atoms with Gasteiger partial charge in [-0.2, -0.15) is 4.98 Å². The predicted molar refractivity (Wildman–Crippen MR) is 63.7 cm³/mol. The zero-order chi connectivity index (χ0) is 12.4. The second-order valence-corrected chi connectivity index (χ2v) is 4.09. The summed E-state index contributed by atoms with van der Waals surface area (Å²) in [6.07, 6.45) is 1.58. The molecule has 0 aliphatic rings. The van der Waals surface area contributed by atoms with E-state index < -0.39 is 11.5 Å². The van der Waals surface area contributed by atoms with E-state index in [1.165, 1.54) is 16.7 Å². The summed E-state index contributed by atoms with van der Waals surface area (Å²) in [4.78, 5) is 15.3. The van der Waals surface area contributed by atoms with Crippen molar-refractivity contribution in [2.45, 2.75) is 13.5 Å². The normalized spacial score (nSPS) is 10.5. The van der Waals surface area contributed by atoms with E-state index in [0.717, 1.165) is 0 Å². The number of hydrogen-bond acceptors (Lipinski definition) is 2. The third kappa shape index (κ3) is 2.53. The average Bonchev–Trinajstić information content (AvgIpc) is 2.26. The molecule has 88 valence electrons. The van der Waals surface area contributed by atoms with E-state index in [1.807, 2.05) is 0 Å². The molecule has 0 aliphatic carbocycles. The Bertz CT molecular complexity index is 589. The Balaban J connectivity index is 2.42. The quantitative estimate of drug-likeness (QED) is 0.823. The highest BCUT2D eigenvalue weighted by Gasteiger charge is 2.08. The molecule has 5 heteroatoms. The number of benzene rings is 1. The Hall–Kier alpha value is -1.68. The minimum Gasteiger partial charge on any atom is -0.295 e. The van der Waals surface area contributed by atoms with Gasteiger partial charge in [0, 0.05) is 22.5 Å². The molecule has 17 heavy (non-hydrogen) atoms. The van der Waals surface area contributed by atoms with E-state index in [1.54, 1.807) is 25.3 Å². The van der Waals surface area contributed by atoms with E-state index in [9.17, 15) is 9.18 Å². The zero-order valence-corrected chi connectivity index (χ0v) is 9.91. The van der Waals surface area contributed by atoms with Crippen molar-refractivity contribution in [2.24, 2.45) is 0 Å². The lowest BCUT2D eigenvalue weighted by atomic mass is 10.2. The van der Waals surface area contributed by atoms with Crippen molar-refractivity contribution in [1.82, 2.24) is 9.55 Å². The molecule has 2 aromatic rings. The average molecular weight is 253 g/mol. The summed E-state index contributed by atoms with van der Waals surface area (Å²) in [7, 11) is 0. The van der Waals surface area contributed by atoms with Crippen LogP contribution in [-0.2, 0) is 6.54 Å². The number of aromatic nitrogens is 2. The van der Waals surface area contributed by atoms with Crippen LogP contribution in [0.2, 0.25) is 5.02 Å². The molecule has 2 rings (SSSR count). The van der Waals surface area contributed by atoms with Crippen LogP contribution in [0, 0.1) is 12.7 Å². The largest absolute Gasteiger partial charge is 0.348 e. The van der Waals surface area contributed by atoms with Gasteiger partial charge >= 0.3 is 5.69 Å². The Labute approximate surface area is 102 Å². The van der Waals surface area contributed by atoms with E-state index in [0.29, 0.717) is 16.3 Å². The lowest BCUT2D eigenvalue weighted by Crippen LogP contribution is -2.23. The molecule has 1 aromatic heterocycles. The molecule has 0 N–H and O–H groups in total. The van der Waals surface area contributed by atoms with E-state index in [-0.39, 0.29) is 6.54 Å². The van der Waals surface area contributed by atoms with Gasteiger partial charge in [-0.3, -0.25) is 4.57 Å². The van der Waals surface area contributed by atoms with Crippen molar-refractivity contribution in [2.75, 3.05) is 0 Å². The number of aryl methyl sites for hydroxylation is 1. The van der Waals surface area contributed by atoms with Gasteiger partial charge in [0.15, 0.2) is 0 Å². The van der Waals surface area contributed by atoms with Crippen LogP contribution in [0.5, 0.6) is 0 Å². The topological polar surface area (TPSA) is 34.9 Å². The predicted octanol–water partition coefficient (Wildman–Crippen LogP) is 2.39. The molecular formula is C12H10ClFN2O. The number of halogens is 2. The van der Waals surface area contributed by atoms with Gasteiger partial charge in [0.05, 0.1) is 6.54 Å². The number of hydrogen-bond donors (Lipinski definition) is 0. The first-order valence-corrected chi connectivity index (χ1v) is 5.42. The monoisotopic (exact) mass is 252 g/mol. The van der Waals surface area contributed by atoms with Crippen LogP contribution in [-0.4, -0.2) is 9.55 Å². The fourth-order valence-electron chi connectivity index (χ4n) is 1.49. The number of nitrogens with zero attached hydrogens (tertiary/aromatic N) is 2. The highest BCUT2D eigenvalue weighted by Crippen LogP contribution is 2.19. The second kappa shape index (κ2) is 4.67. The Morgan fingerprint density at radius 1 is 1.41 bits per heavy atom. The Morgan fingerprint density at radius 2 is 2.18 bits per heavy atom. The molecule has 0 aliphatic heterocycles. The third-order valence-electron chi connectivity index (χ3n) is 2.40. The molecule has 0 saturated carbocycles. The Kier molecular flexibility index (Phi) is 3.24. The van der Waals surface area contributed by atoms with E-state index in [2.05, 4.69) is 4.98 Å². The van der Waals surface area contributed by atoms with Crippen LogP contribution in [0.15, 0.2) is 35.3 Å². The second-order valence-electron chi connectivity index (χ2n) is 3.68. The fourth-order valence-corrected chi connectivity index (χ4v) is 1.71. The summed E-state index contributed by atoms with van der Waals surface area (Å²) in [6.45, 7) is 1.80. The smallest absolute Gasteiger partial charge is 0.295 e. The lowest BCUT2D eigenvalue weighted by Gasteiger charge is -2.08. The summed E-state index contributed by atoms with van der Waals surface area (Å²) in [5.41, 5.74) is 0.511. The molecular weight excluding hydrogens is 243 g/mol. The summed E-state index contributed by atoms with van der Waals surface area (Å²) in [5, 5.41) is 0.303. The minimum absolute atomic E-state index is 0.0810.